The predicted octanol–water partition coefficient (Wildman–Crippen LogP) is 2.71. The highest BCUT2D eigenvalue weighted by Gasteiger charge is 2.29. The molecular weight excluding hydrogens is 428 g/mol. The Morgan fingerprint density at radius 1 is 1.13 bits per heavy atom. The first-order valence-electron chi connectivity index (χ1n) is 9.22. The lowest BCUT2D eigenvalue weighted by atomic mass is 10.2. The lowest BCUT2D eigenvalue weighted by molar-refractivity contribution is -0.122. The highest BCUT2D eigenvalue weighted by molar-refractivity contribution is 7.91. The van der Waals surface area contributed by atoms with Gasteiger partial charge < -0.3 is 14.5 Å². The summed E-state index contributed by atoms with van der Waals surface area (Å²) >= 11 is 1.21. The molecule has 0 spiro atoms. The molecule has 1 N–H and O–H groups in total. The van der Waals surface area contributed by atoms with Crippen LogP contribution in [0.1, 0.15) is 12.0 Å². The van der Waals surface area contributed by atoms with E-state index in [1.807, 2.05) is 19.2 Å². The Morgan fingerprint density at radius 2 is 1.93 bits per heavy atom. The zero-order valence-electron chi connectivity index (χ0n) is 16.3. The van der Waals surface area contributed by atoms with E-state index in [-0.39, 0.29) is 6.47 Å². The van der Waals surface area contributed by atoms with Crippen molar-refractivity contribution in [2.45, 2.75) is 17.6 Å². The molecule has 1 saturated heterocycles. The maximum absolute atomic E-state index is 13.1. The number of carbonyl (C=O) groups is 1. The Balaban J connectivity index is 0.000000806. The van der Waals surface area contributed by atoms with Crippen LogP contribution in [0.5, 0.6) is 0 Å². The van der Waals surface area contributed by atoms with Crippen molar-refractivity contribution in [1.82, 2.24) is 14.4 Å². The van der Waals surface area contributed by atoms with E-state index < -0.39 is 10.0 Å². The third-order valence-electron chi connectivity index (χ3n) is 4.64. The number of aromatic nitrogens is 2. The Bertz CT molecular complexity index is 1070. The van der Waals surface area contributed by atoms with Crippen molar-refractivity contribution < 1.29 is 22.8 Å². The fourth-order valence-electron chi connectivity index (χ4n) is 3.26. The van der Waals surface area contributed by atoms with E-state index in [4.69, 9.17) is 14.4 Å². The molecule has 4 heterocycles. The molecule has 1 fully saturated rings. The van der Waals surface area contributed by atoms with Crippen LogP contribution < -0.4 is 4.90 Å². The molecule has 0 aromatic carbocycles. The number of nitrogens with zero attached hydrogens (tertiary/aromatic N) is 4. The Hall–Kier alpha value is -2.76. The smallest absolute Gasteiger partial charge is 0.290 e. The van der Waals surface area contributed by atoms with Gasteiger partial charge in [-0.3, -0.25) is 9.78 Å². The fraction of sp³-hybridized carbons (Fsp3) is 0.316. The molecule has 0 amide bonds. The number of rotatable bonds is 4. The number of hydrogen-bond donors (Lipinski definition) is 1. The molecule has 3 aromatic rings. The molecule has 9 nitrogen and oxygen atoms in total. The highest BCUT2D eigenvalue weighted by atomic mass is 32.2. The summed E-state index contributed by atoms with van der Waals surface area (Å²) in [6, 6.07) is 7.13. The van der Waals surface area contributed by atoms with Gasteiger partial charge >= 0.3 is 0 Å². The number of aryl methyl sites for hydroxylation is 1. The van der Waals surface area contributed by atoms with Gasteiger partial charge in [-0.25, -0.2) is 8.42 Å². The lowest BCUT2D eigenvalue weighted by Gasteiger charge is -2.24. The third-order valence-corrected chi connectivity index (χ3v) is 8.11. The quantitative estimate of drug-likeness (QED) is 0.603. The summed E-state index contributed by atoms with van der Waals surface area (Å²) in [7, 11) is -3.52. The number of sulfonamides is 1. The molecule has 160 valence electrons. The number of hydrogen-bond acceptors (Lipinski definition) is 8. The van der Waals surface area contributed by atoms with E-state index in [9.17, 15) is 8.42 Å². The molecule has 0 radical (unpaired) electrons. The monoisotopic (exact) mass is 450 g/mol. The molecule has 0 atom stereocenters. The van der Waals surface area contributed by atoms with E-state index >= 15 is 0 Å². The van der Waals surface area contributed by atoms with Crippen molar-refractivity contribution in [3.8, 4) is 10.6 Å². The summed E-state index contributed by atoms with van der Waals surface area (Å²) in [6.45, 7) is 4.23. The van der Waals surface area contributed by atoms with Crippen LogP contribution in [0, 0.1) is 6.92 Å². The SMILES string of the molecule is Cc1cnccc1N1CCCN(S(=O)(=O)c2ccc(-c3ccno3)s2)CC1.O=CO. The summed E-state index contributed by atoms with van der Waals surface area (Å²) in [5, 5.41) is 10.6. The fourth-order valence-corrected chi connectivity index (χ4v) is 6.14. The molecule has 30 heavy (non-hydrogen) atoms. The Morgan fingerprint density at radius 3 is 2.63 bits per heavy atom. The van der Waals surface area contributed by atoms with Crippen molar-refractivity contribution in [2.24, 2.45) is 0 Å². The van der Waals surface area contributed by atoms with Crippen molar-refractivity contribution in [1.29, 1.82) is 0 Å². The van der Waals surface area contributed by atoms with E-state index in [0.29, 0.717) is 29.6 Å². The maximum atomic E-state index is 13.1. The topological polar surface area (TPSA) is 117 Å². The second kappa shape index (κ2) is 9.83. The normalized spacial score (nSPS) is 15.2. The third kappa shape index (κ3) is 4.86. The molecule has 0 aliphatic carbocycles. The highest BCUT2D eigenvalue weighted by Crippen LogP contribution is 2.32. The van der Waals surface area contributed by atoms with Crippen molar-refractivity contribution in [2.75, 3.05) is 31.1 Å². The zero-order chi connectivity index (χ0) is 21.6. The molecule has 1 aliphatic heterocycles. The van der Waals surface area contributed by atoms with Crippen molar-refractivity contribution in [3.63, 3.8) is 0 Å². The van der Waals surface area contributed by atoms with Crippen LogP contribution in [0.25, 0.3) is 10.6 Å². The molecular formula is C19H22N4O5S2. The largest absolute Gasteiger partial charge is 0.483 e. The minimum atomic E-state index is -3.52. The van der Waals surface area contributed by atoms with Gasteiger partial charge in [0.05, 0.1) is 11.1 Å². The van der Waals surface area contributed by atoms with Crippen molar-refractivity contribution in [3.05, 3.63) is 48.4 Å². The lowest BCUT2D eigenvalue weighted by Crippen LogP contribution is -2.35. The van der Waals surface area contributed by atoms with E-state index in [0.717, 1.165) is 29.1 Å². The molecule has 0 bridgehead atoms. The second-order valence-electron chi connectivity index (χ2n) is 6.51. The summed E-state index contributed by atoms with van der Waals surface area (Å²) in [5.74, 6) is 0.580. The first kappa shape index (κ1) is 21.9. The van der Waals surface area contributed by atoms with E-state index in [2.05, 4.69) is 15.0 Å². The molecule has 3 aromatic heterocycles. The number of carboxylic acid groups (broad SMARTS) is 1. The minimum Gasteiger partial charge on any atom is -0.483 e. The van der Waals surface area contributed by atoms with Crippen LogP contribution in [0.2, 0.25) is 0 Å². The first-order valence-corrected chi connectivity index (χ1v) is 11.5. The average Bonchev–Trinajstić information content (AvgIpc) is 3.37. The van der Waals surface area contributed by atoms with E-state index in [1.165, 1.54) is 11.3 Å². The first-order chi connectivity index (χ1) is 14.5. The van der Waals surface area contributed by atoms with Gasteiger partial charge in [-0.15, -0.1) is 11.3 Å². The maximum Gasteiger partial charge on any atom is 0.290 e. The van der Waals surface area contributed by atoms with Gasteiger partial charge in [0, 0.05) is 50.3 Å². The molecule has 11 heteroatoms. The average molecular weight is 451 g/mol. The minimum absolute atomic E-state index is 0.250. The van der Waals surface area contributed by atoms with Crippen LogP contribution in [-0.4, -0.2) is 60.6 Å². The van der Waals surface area contributed by atoms with E-state index in [1.54, 1.807) is 34.9 Å². The van der Waals surface area contributed by atoms with Gasteiger partial charge in [-0.2, -0.15) is 4.31 Å². The van der Waals surface area contributed by atoms with Gasteiger partial charge in [-0.05, 0) is 37.1 Å². The van der Waals surface area contributed by atoms with Crippen LogP contribution in [0.3, 0.4) is 0 Å². The zero-order valence-corrected chi connectivity index (χ0v) is 18.0. The molecule has 0 unspecified atom stereocenters. The second-order valence-corrected chi connectivity index (χ2v) is 9.76. The summed E-state index contributed by atoms with van der Waals surface area (Å²) < 4.78 is 33.2. The molecule has 4 rings (SSSR count). The molecule has 0 saturated carbocycles. The van der Waals surface area contributed by atoms with Gasteiger partial charge in [0.25, 0.3) is 16.5 Å². The van der Waals surface area contributed by atoms with Crippen LogP contribution in [0.4, 0.5) is 5.69 Å². The van der Waals surface area contributed by atoms with Crippen LogP contribution in [-0.2, 0) is 14.8 Å². The summed E-state index contributed by atoms with van der Waals surface area (Å²) in [4.78, 5) is 15.5. The van der Waals surface area contributed by atoms with Crippen LogP contribution in [0.15, 0.2) is 51.6 Å². The summed E-state index contributed by atoms with van der Waals surface area (Å²) in [5.41, 5.74) is 2.22. The Kier molecular flexibility index (Phi) is 7.19. The number of pyridine rings is 1. The van der Waals surface area contributed by atoms with Gasteiger partial charge in [-0.1, -0.05) is 5.16 Å². The summed E-state index contributed by atoms with van der Waals surface area (Å²) in [6.07, 6.45) is 5.94. The number of anilines is 1. The van der Waals surface area contributed by atoms with Gasteiger partial charge in [0.2, 0.25) is 0 Å². The van der Waals surface area contributed by atoms with Crippen molar-refractivity contribution >= 4 is 33.5 Å². The predicted molar refractivity (Wildman–Crippen MR) is 113 cm³/mol. The molecule has 1 aliphatic rings. The van der Waals surface area contributed by atoms with Gasteiger partial charge in [0.1, 0.15) is 4.21 Å². The number of thiophene rings is 1. The Labute approximate surface area is 178 Å². The van der Waals surface area contributed by atoms with Gasteiger partial charge in [0.15, 0.2) is 5.76 Å². The van der Waals surface area contributed by atoms with Crippen LogP contribution >= 0.6 is 11.3 Å². The standard InChI is InChI=1S/C18H20N4O3S2.CH2O2/c1-14-13-19-7-5-15(14)21-9-2-10-22(12-11-21)27(23,24)18-4-3-17(26-18)16-6-8-20-25-16;2-1-3/h3-8,13H,2,9-12H2,1H3;1H,(H,2,3).